The Labute approximate surface area is 113 Å². The molecule has 0 aliphatic carbocycles. The topological polar surface area (TPSA) is 21.3 Å². The van der Waals surface area contributed by atoms with E-state index in [1.165, 1.54) is 15.3 Å². The van der Waals surface area contributed by atoms with Gasteiger partial charge in [-0.25, -0.2) is 0 Å². The van der Waals surface area contributed by atoms with Crippen LogP contribution in [-0.2, 0) is 6.42 Å². The van der Waals surface area contributed by atoms with Crippen LogP contribution in [0, 0.1) is 6.92 Å². The lowest BCUT2D eigenvalue weighted by atomic mass is 10.0. The van der Waals surface area contributed by atoms with Gasteiger partial charge in [0.05, 0.1) is 7.11 Å². The molecule has 0 aliphatic heterocycles. The average Bonchev–Trinajstić information content (AvgIpc) is 2.82. The Morgan fingerprint density at radius 1 is 1.28 bits per heavy atom. The van der Waals surface area contributed by atoms with E-state index in [1.54, 1.807) is 7.11 Å². The highest BCUT2D eigenvalue weighted by Gasteiger charge is 2.12. The monoisotopic (exact) mass is 261 g/mol. The summed E-state index contributed by atoms with van der Waals surface area (Å²) in [6, 6.07) is 13.0. The molecule has 0 spiro atoms. The maximum atomic E-state index is 5.26. The molecule has 0 aliphatic rings. The fraction of sp³-hybridized carbons (Fsp3) is 0.333. The third kappa shape index (κ3) is 3.12. The molecule has 0 saturated carbocycles. The van der Waals surface area contributed by atoms with Crippen LogP contribution in [-0.4, -0.2) is 14.2 Å². The summed E-state index contributed by atoms with van der Waals surface area (Å²) in [6.45, 7) is 2.15. The third-order valence-electron chi connectivity index (χ3n) is 3.03. The fourth-order valence-electron chi connectivity index (χ4n) is 2.02. The zero-order valence-electron chi connectivity index (χ0n) is 11.1. The van der Waals surface area contributed by atoms with Crippen molar-refractivity contribution in [2.45, 2.75) is 19.4 Å². The van der Waals surface area contributed by atoms with Crippen molar-refractivity contribution in [3.8, 4) is 5.75 Å². The quantitative estimate of drug-likeness (QED) is 0.888. The van der Waals surface area contributed by atoms with Gasteiger partial charge < -0.3 is 10.1 Å². The number of benzene rings is 1. The molecule has 1 atom stereocenters. The molecule has 3 heteroatoms. The molecule has 0 amide bonds. The Balaban J connectivity index is 2.14. The lowest BCUT2D eigenvalue weighted by Crippen LogP contribution is -2.17. The van der Waals surface area contributed by atoms with Gasteiger partial charge in [0.2, 0.25) is 0 Å². The number of nitrogens with one attached hydrogen (secondary N) is 1. The summed E-state index contributed by atoms with van der Waals surface area (Å²) < 4.78 is 5.26. The molecule has 0 fully saturated rings. The highest BCUT2D eigenvalue weighted by atomic mass is 32.1. The number of likely N-dealkylation sites (N-methyl/N-ethyl adjacent to an activating group) is 1. The second-order valence-electron chi connectivity index (χ2n) is 4.35. The van der Waals surface area contributed by atoms with Gasteiger partial charge in [0.25, 0.3) is 0 Å². The molecule has 0 radical (unpaired) electrons. The van der Waals surface area contributed by atoms with E-state index in [9.17, 15) is 0 Å². The Morgan fingerprint density at radius 2 is 2.11 bits per heavy atom. The highest BCUT2D eigenvalue weighted by molar-refractivity contribution is 7.12. The molecule has 2 nitrogen and oxygen atoms in total. The minimum Gasteiger partial charge on any atom is -0.497 e. The van der Waals surface area contributed by atoms with Gasteiger partial charge in [0, 0.05) is 15.8 Å². The van der Waals surface area contributed by atoms with Gasteiger partial charge in [0.15, 0.2) is 0 Å². The first-order chi connectivity index (χ1) is 8.72. The first-order valence-electron chi connectivity index (χ1n) is 6.09. The van der Waals surface area contributed by atoms with E-state index < -0.39 is 0 Å². The lowest BCUT2D eigenvalue weighted by Gasteiger charge is -2.15. The SMILES string of the molecule is CNC(Cc1cccc(OC)c1)c1ccc(C)s1. The summed E-state index contributed by atoms with van der Waals surface area (Å²) >= 11 is 1.86. The number of methoxy groups -OCH3 is 1. The molecule has 0 bridgehead atoms. The summed E-state index contributed by atoms with van der Waals surface area (Å²) in [7, 11) is 3.72. The summed E-state index contributed by atoms with van der Waals surface area (Å²) in [4.78, 5) is 2.74. The van der Waals surface area contributed by atoms with Gasteiger partial charge in [-0.05, 0) is 50.2 Å². The first-order valence-corrected chi connectivity index (χ1v) is 6.91. The van der Waals surface area contributed by atoms with Crippen molar-refractivity contribution in [2.24, 2.45) is 0 Å². The van der Waals surface area contributed by atoms with Crippen molar-refractivity contribution in [3.63, 3.8) is 0 Å². The van der Waals surface area contributed by atoms with E-state index in [2.05, 4.69) is 36.5 Å². The van der Waals surface area contributed by atoms with E-state index in [4.69, 9.17) is 4.74 Å². The van der Waals surface area contributed by atoms with Gasteiger partial charge in [0.1, 0.15) is 5.75 Å². The average molecular weight is 261 g/mol. The normalized spacial score (nSPS) is 12.4. The minimum absolute atomic E-state index is 0.371. The molecule has 1 aromatic carbocycles. The highest BCUT2D eigenvalue weighted by Crippen LogP contribution is 2.26. The number of aryl methyl sites for hydroxylation is 1. The van der Waals surface area contributed by atoms with Gasteiger partial charge in [-0.2, -0.15) is 0 Å². The Morgan fingerprint density at radius 3 is 2.72 bits per heavy atom. The van der Waals surface area contributed by atoms with E-state index >= 15 is 0 Å². The van der Waals surface area contributed by atoms with Crippen LogP contribution in [0.15, 0.2) is 36.4 Å². The van der Waals surface area contributed by atoms with E-state index in [0.717, 1.165) is 12.2 Å². The van der Waals surface area contributed by atoms with Crippen LogP contribution in [0.1, 0.15) is 21.4 Å². The molecule has 1 N–H and O–H groups in total. The van der Waals surface area contributed by atoms with Gasteiger partial charge in [-0.15, -0.1) is 11.3 Å². The van der Waals surface area contributed by atoms with Crippen LogP contribution >= 0.6 is 11.3 Å². The van der Waals surface area contributed by atoms with E-state index in [-0.39, 0.29) is 0 Å². The van der Waals surface area contributed by atoms with E-state index in [0.29, 0.717) is 6.04 Å². The standard InChI is InChI=1S/C15H19NOS/c1-11-7-8-15(18-11)14(16-2)10-12-5-4-6-13(9-12)17-3/h4-9,14,16H,10H2,1-3H3. The molecule has 2 aromatic rings. The van der Waals surface area contributed by atoms with Crippen LogP contribution in [0.2, 0.25) is 0 Å². The molecular formula is C15H19NOS. The minimum atomic E-state index is 0.371. The summed E-state index contributed by atoms with van der Waals surface area (Å²) in [5.74, 6) is 0.921. The second-order valence-corrected chi connectivity index (χ2v) is 5.66. The predicted molar refractivity (Wildman–Crippen MR) is 77.6 cm³/mol. The Kier molecular flexibility index (Phi) is 4.39. The Bertz CT molecular complexity index is 507. The molecular weight excluding hydrogens is 242 g/mol. The smallest absolute Gasteiger partial charge is 0.119 e. The second kappa shape index (κ2) is 6.03. The van der Waals surface area contributed by atoms with Crippen LogP contribution < -0.4 is 10.1 Å². The summed E-state index contributed by atoms with van der Waals surface area (Å²) in [6.07, 6.45) is 0.980. The fourth-order valence-corrected chi connectivity index (χ4v) is 3.01. The maximum absolute atomic E-state index is 5.26. The number of ether oxygens (including phenoxy) is 1. The molecule has 1 heterocycles. The molecule has 18 heavy (non-hydrogen) atoms. The Hall–Kier alpha value is -1.32. The zero-order chi connectivity index (χ0) is 13.0. The molecule has 2 rings (SSSR count). The van der Waals surface area contributed by atoms with Crippen LogP contribution in [0.4, 0.5) is 0 Å². The van der Waals surface area contributed by atoms with Gasteiger partial charge in [-0.3, -0.25) is 0 Å². The van der Waals surface area contributed by atoms with Crippen molar-refractivity contribution in [1.29, 1.82) is 0 Å². The van der Waals surface area contributed by atoms with Crippen molar-refractivity contribution >= 4 is 11.3 Å². The molecule has 0 saturated heterocycles. The first kappa shape index (κ1) is 13.1. The summed E-state index contributed by atoms with van der Waals surface area (Å²) in [5.41, 5.74) is 1.29. The van der Waals surface area contributed by atoms with Gasteiger partial charge in [-0.1, -0.05) is 12.1 Å². The number of rotatable bonds is 5. The van der Waals surface area contributed by atoms with Crippen molar-refractivity contribution in [2.75, 3.05) is 14.2 Å². The van der Waals surface area contributed by atoms with Crippen LogP contribution in [0.25, 0.3) is 0 Å². The predicted octanol–water partition coefficient (Wildman–Crippen LogP) is 3.57. The number of hydrogen-bond donors (Lipinski definition) is 1. The zero-order valence-corrected chi connectivity index (χ0v) is 11.9. The number of thiophene rings is 1. The molecule has 1 unspecified atom stereocenters. The lowest BCUT2D eigenvalue weighted by molar-refractivity contribution is 0.414. The van der Waals surface area contributed by atoms with Crippen molar-refractivity contribution < 1.29 is 4.74 Å². The van der Waals surface area contributed by atoms with Gasteiger partial charge >= 0.3 is 0 Å². The third-order valence-corrected chi connectivity index (χ3v) is 4.14. The van der Waals surface area contributed by atoms with Crippen LogP contribution in [0.5, 0.6) is 5.75 Å². The van der Waals surface area contributed by atoms with Crippen molar-refractivity contribution in [1.82, 2.24) is 5.32 Å². The molecule has 1 aromatic heterocycles. The van der Waals surface area contributed by atoms with E-state index in [1.807, 2.05) is 30.5 Å². The van der Waals surface area contributed by atoms with Crippen LogP contribution in [0.3, 0.4) is 0 Å². The largest absolute Gasteiger partial charge is 0.497 e. The molecule has 96 valence electrons. The van der Waals surface area contributed by atoms with Crippen molar-refractivity contribution in [3.05, 3.63) is 51.7 Å². The summed E-state index contributed by atoms with van der Waals surface area (Å²) in [5, 5.41) is 3.39. The maximum Gasteiger partial charge on any atom is 0.119 e. The number of hydrogen-bond acceptors (Lipinski definition) is 3.